The fourth-order valence-corrected chi connectivity index (χ4v) is 2.81. The number of fused-ring (bicyclic) bond motifs is 1. The number of amides is 2. The lowest BCUT2D eigenvalue weighted by Gasteiger charge is -2.30. The van der Waals surface area contributed by atoms with Gasteiger partial charge in [0.25, 0.3) is 0 Å². The third-order valence-corrected chi connectivity index (χ3v) is 4.20. The molecule has 1 atom stereocenters. The largest absolute Gasteiger partial charge is 0.331 e. The number of nitrogens with zero attached hydrogens (tertiary/aromatic N) is 1. The Morgan fingerprint density at radius 3 is 2.61 bits per heavy atom. The summed E-state index contributed by atoms with van der Waals surface area (Å²) in [5.41, 5.74) is 2.95. The van der Waals surface area contributed by atoms with E-state index in [4.69, 9.17) is 0 Å². The molecule has 0 bridgehead atoms. The predicted molar refractivity (Wildman–Crippen MR) is 83.9 cm³/mol. The summed E-state index contributed by atoms with van der Waals surface area (Å²) in [5.74, 6) is -1.80. The monoisotopic (exact) mass is 316 g/mol. The lowest BCUT2D eigenvalue weighted by Crippen LogP contribution is -2.43. The molecule has 0 spiro atoms. The smallest absolute Gasteiger partial charge is 0.318 e. The summed E-state index contributed by atoms with van der Waals surface area (Å²) in [6.07, 6.45) is 0.823. The van der Waals surface area contributed by atoms with Crippen LogP contribution in [0.2, 0.25) is 0 Å². The Kier molecular flexibility index (Phi) is 4.28. The van der Waals surface area contributed by atoms with Gasteiger partial charge in [-0.1, -0.05) is 30.3 Å². The third kappa shape index (κ3) is 3.33. The van der Waals surface area contributed by atoms with Crippen molar-refractivity contribution in [1.29, 1.82) is 0 Å². The molecule has 1 aliphatic heterocycles. The average Bonchev–Trinajstić information content (AvgIpc) is 2.56. The second kappa shape index (κ2) is 6.36. The number of hydrogen-bond donors (Lipinski definition) is 1. The van der Waals surface area contributed by atoms with Crippen LogP contribution >= 0.6 is 0 Å². The Balaban J connectivity index is 1.66. The summed E-state index contributed by atoms with van der Waals surface area (Å²) >= 11 is 0. The van der Waals surface area contributed by atoms with E-state index in [0.29, 0.717) is 18.7 Å². The maximum absolute atomic E-state index is 13.3. The highest BCUT2D eigenvalue weighted by atomic mass is 19.2. The summed E-state index contributed by atoms with van der Waals surface area (Å²) < 4.78 is 26.3. The number of halogens is 2. The molecule has 0 aliphatic carbocycles. The van der Waals surface area contributed by atoms with Gasteiger partial charge in [0.1, 0.15) is 0 Å². The van der Waals surface area contributed by atoms with Crippen molar-refractivity contribution >= 4 is 6.03 Å². The molecule has 0 radical (unpaired) electrons. The summed E-state index contributed by atoms with van der Waals surface area (Å²) in [4.78, 5) is 14.1. The van der Waals surface area contributed by atoms with E-state index in [1.807, 2.05) is 18.2 Å². The summed E-state index contributed by atoms with van der Waals surface area (Å²) in [5, 5.41) is 2.84. The molecule has 1 aliphatic rings. The van der Waals surface area contributed by atoms with E-state index in [1.165, 1.54) is 11.6 Å². The molecule has 2 amide bonds. The van der Waals surface area contributed by atoms with E-state index in [-0.39, 0.29) is 6.03 Å². The highest BCUT2D eigenvalue weighted by molar-refractivity contribution is 5.75. The molecule has 3 nitrogen and oxygen atoms in total. The second-order valence-corrected chi connectivity index (χ2v) is 5.78. The van der Waals surface area contributed by atoms with Crippen molar-refractivity contribution in [2.45, 2.75) is 25.9 Å². The Morgan fingerprint density at radius 2 is 1.87 bits per heavy atom. The van der Waals surface area contributed by atoms with Gasteiger partial charge in [-0.15, -0.1) is 0 Å². The van der Waals surface area contributed by atoms with Crippen LogP contribution in [0.25, 0.3) is 0 Å². The van der Waals surface area contributed by atoms with Crippen LogP contribution in [0, 0.1) is 11.6 Å². The lowest BCUT2D eigenvalue weighted by molar-refractivity contribution is 0.189. The zero-order valence-corrected chi connectivity index (χ0v) is 12.9. The molecule has 1 heterocycles. The zero-order chi connectivity index (χ0) is 16.4. The summed E-state index contributed by atoms with van der Waals surface area (Å²) in [6.45, 7) is 2.96. The van der Waals surface area contributed by atoms with Crippen LogP contribution in [0.15, 0.2) is 42.5 Å². The van der Waals surface area contributed by atoms with Gasteiger partial charge in [-0.2, -0.15) is 0 Å². The predicted octanol–water partition coefficient (Wildman–Crippen LogP) is 3.79. The number of benzene rings is 2. The first-order valence-corrected chi connectivity index (χ1v) is 7.62. The number of hydrogen-bond acceptors (Lipinski definition) is 1. The highest BCUT2D eigenvalue weighted by Crippen LogP contribution is 2.20. The molecule has 5 heteroatoms. The molecule has 0 fully saturated rings. The van der Waals surface area contributed by atoms with Gasteiger partial charge in [-0.3, -0.25) is 0 Å². The fourth-order valence-electron chi connectivity index (χ4n) is 2.81. The van der Waals surface area contributed by atoms with Gasteiger partial charge in [-0.25, -0.2) is 13.6 Å². The van der Waals surface area contributed by atoms with Crippen molar-refractivity contribution in [3.63, 3.8) is 0 Å². The standard InChI is InChI=1S/C18H18F2N2O/c1-12(14-6-7-16(19)17(20)10-14)21-18(23)22-9-8-13-4-2-3-5-15(13)11-22/h2-7,10,12H,8-9,11H2,1H3,(H,21,23). The number of nitrogens with one attached hydrogen (secondary N) is 1. The first kappa shape index (κ1) is 15.5. The molecular formula is C18H18F2N2O. The summed E-state index contributed by atoms with van der Waals surface area (Å²) in [6, 6.07) is 11.1. The van der Waals surface area contributed by atoms with Crippen molar-refractivity contribution in [3.8, 4) is 0 Å². The molecule has 120 valence electrons. The molecule has 0 saturated heterocycles. The van der Waals surface area contributed by atoms with Crippen LogP contribution in [0.5, 0.6) is 0 Å². The first-order chi connectivity index (χ1) is 11.0. The number of carbonyl (C=O) groups is 1. The van der Waals surface area contributed by atoms with Gasteiger partial charge in [0, 0.05) is 13.1 Å². The SMILES string of the molecule is CC(NC(=O)N1CCc2ccccc2C1)c1ccc(F)c(F)c1. The van der Waals surface area contributed by atoms with E-state index < -0.39 is 17.7 Å². The summed E-state index contributed by atoms with van der Waals surface area (Å²) in [7, 11) is 0. The third-order valence-electron chi connectivity index (χ3n) is 4.20. The molecule has 2 aromatic rings. The van der Waals surface area contributed by atoms with Crippen LogP contribution < -0.4 is 5.32 Å². The first-order valence-electron chi connectivity index (χ1n) is 7.62. The van der Waals surface area contributed by atoms with E-state index in [9.17, 15) is 13.6 Å². The van der Waals surface area contributed by atoms with Gasteiger partial charge >= 0.3 is 6.03 Å². The Morgan fingerprint density at radius 1 is 1.13 bits per heavy atom. The fraction of sp³-hybridized carbons (Fsp3) is 0.278. The van der Waals surface area contributed by atoms with Crippen molar-refractivity contribution < 1.29 is 13.6 Å². The minimum atomic E-state index is -0.907. The van der Waals surface area contributed by atoms with E-state index >= 15 is 0 Å². The van der Waals surface area contributed by atoms with E-state index in [1.54, 1.807) is 11.8 Å². The zero-order valence-electron chi connectivity index (χ0n) is 12.9. The maximum Gasteiger partial charge on any atom is 0.318 e. The topological polar surface area (TPSA) is 32.3 Å². The highest BCUT2D eigenvalue weighted by Gasteiger charge is 2.22. The Hall–Kier alpha value is -2.43. The van der Waals surface area contributed by atoms with Gasteiger partial charge in [0.05, 0.1) is 6.04 Å². The van der Waals surface area contributed by atoms with Crippen LogP contribution in [0.3, 0.4) is 0 Å². The van der Waals surface area contributed by atoms with Crippen molar-refractivity contribution in [2.75, 3.05) is 6.54 Å². The number of carbonyl (C=O) groups excluding carboxylic acids is 1. The van der Waals surface area contributed by atoms with Crippen molar-refractivity contribution in [3.05, 3.63) is 70.8 Å². The van der Waals surface area contributed by atoms with Gasteiger partial charge in [0.15, 0.2) is 11.6 Å². The van der Waals surface area contributed by atoms with Crippen LogP contribution in [0.4, 0.5) is 13.6 Å². The second-order valence-electron chi connectivity index (χ2n) is 5.78. The molecule has 0 aromatic heterocycles. The Labute approximate surface area is 133 Å². The molecular weight excluding hydrogens is 298 g/mol. The molecule has 2 aromatic carbocycles. The number of rotatable bonds is 2. The lowest BCUT2D eigenvalue weighted by atomic mass is 10.0. The average molecular weight is 316 g/mol. The number of urea groups is 1. The van der Waals surface area contributed by atoms with E-state index in [0.717, 1.165) is 24.1 Å². The molecule has 3 rings (SSSR count). The maximum atomic E-state index is 13.3. The molecule has 1 unspecified atom stereocenters. The Bertz CT molecular complexity index is 733. The van der Waals surface area contributed by atoms with Gasteiger partial charge < -0.3 is 10.2 Å². The van der Waals surface area contributed by atoms with Gasteiger partial charge in [0.2, 0.25) is 0 Å². The normalized spacial score (nSPS) is 15.0. The molecule has 23 heavy (non-hydrogen) atoms. The molecule has 1 N–H and O–H groups in total. The minimum Gasteiger partial charge on any atom is -0.331 e. The van der Waals surface area contributed by atoms with Crippen LogP contribution in [-0.2, 0) is 13.0 Å². The molecule has 0 saturated carbocycles. The van der Waals surface area contributed by atoms with E-state index in [2.05, 4.69) is 11.4 Å². The van der Waals surface area contributed by atoms with Crippen molar-refractivity contribution in [2.24, 2.45) is 0 Å². The van der Waals surface area contributed by atoms with Crippen molar-refractivity contribution in [1.82, 2.24) is 10.2 Å². The quantitative estimate of drug-likeness (QED) is 0.898. The van der Waals surface area contributed by atoms with Crippen LogP contribution in [-0.4, -0.2) is 17.5 Å². The minimum absolute atomic E-state index is 0.197. The van der Waals surface area contributed by atoms with Crippen LogP contribution in [0.1, 0.15) is 29.7 Å². The van der Waals surface area contributed by atoms with Gasteiger partial charge in [-0.05, 0) is 42.2 Å².